The van der Waals surface area contributed by atoms with E-state index in [9.17, 15) is 22.8 Å². The zero-order chi connectivity index (χ0) is 18.7. The zero-order valence-electron chi connectivity index (χ0n) is 14.6. The first-order valence-electron chi connectivity index (χ1n) is 9.15. The molecule has 0 saturated heterocycles. The minimum Gasteiger partial charge on any atom is -0.420 e. The van der Waals surface area contributed by atoms with Gasteiger partial charge in [-0.1, -0.05) is 13.0 Å². The van der Waals surface area contributed by atoms with Crippen molar-refractivity contribution in [3.05, 3.63) is 29.3 Å². The molecule has 0 amide bonds. The first-order chi connectivity index (χ1) is 12.2. The number of benzene rings is 1. The summed E-state index contributed by atoms with van der Waals surface area (Å²) in [7, 11) is 0. The molecule has 0 radical (unpaired) electrons. The minimum atomic E-state index is -5.00. The van der Waals surface area contributed by atoms with Gasteiger partial charge in [-0.3, -0.25) is 4.79 Å². The summed E-state index contributed by atoms with van der Waals surface area (Å²) in [5.41, 5.74) is 1.92. The molecule has 3 unspecified atom stereocenters. The second-order valence-corrected chi connectivity index (χ2v) is 8.08. The van der Waals surface area contributed by atoms with Gasteiger partial charge in [0.15, 0.2) is 0 Å². The fourth-order valence-electron chi connectivity index (χ4n) is 5.56. The molecule has 3 nitrogen and oxygen atoms in total. The first-order valence-corrected chi connectivity index (χ1v) is 9.15. The maximum absolute atomic E-state index is 12.4. The van der Waals surface area contributed by atoms with Crippen LogP contribution in [0.25, 0.3) is 0 Å². The summed E-state index contributed by atoms with van der Waals surface area (Å²) >= 11 is 0. The Morgan fingerprint density at radius 1 is 1.19 bits per heavy atom. The Kier molecular flexibility index (Phi) is 3.93. The molecule has 0 aromatic heterocycles. The zero-order valence-corrected chi connectivity index (χ0v) is 14.6. The van der Waals surface area contributed by atoms with E-state index in [-0.39, 0.29) is 11.2 Å². The van der Waals surface area contributed by atoms with Crippen LogP contribution in [0.1, 0.15) is 56.1 Å². The van der Waals surface area contributed by atoms with E-state index in [0.717, 1.165) is 43.2 Å². The van der Waals surface area contributed by atoms with Gasteiger partial charge in [0.2, 0.25) is 0 Å². The number of halogens is 3. The topological polar surface area (TPSA) is 43.4 Å². The van der Waals surface area contributed by atoms with Crippen LogP contribution < -0.4 is 4.74 Å². The van der Waals surface area contributed by atoms with Gasteiger partial charge < -0.3 is 4.74 Å². The number of alkyl halides is 3. The number of fused-ring (bicyclic) bond motifs is 5. The highest BCUT2D eigenvalue weighted by Gasteiger charge is 2.54. The Bertz CT molecular complexity index is 770. The Labute approximate surface area is 149 Å². The van der Waals surface area contributed by atoms with Crippen LogP contribution in [-0.2, 0) is 16.0 Å². The highest BCUT2D eigenvalue weighted by molar-refractivity contribution is 5.87. The lowest BCUT2D eigenvalue weighted by Crippen LogP contribution is -2.42. The summed E-state index contributed by atoms with van der Waals surface area (Å²) in [5, 5.41) is 0. The van der Waals surface area contributed by atoms with E-state index < -0.39 is 12.1 Å². The molecule has 3 aliphatic rings. The van der Waals surface area contributed by atoms with E-state index in [1.165, 1.54) is 6.07 Å². The highest BCUT2D eigenvalue weighted by atomic mass is 19.4. The second kappa shape index (κ2) is 5.83. The Hall–Kier alpha value is -1.85. The summed E-state index contributed by atoms with van der Waals surface area (Å²) in [6, 6.07) is 4.84. The number of hydrogen-bond acceptors (Lipinski definition) is 3. The Balaban J connectivity index is 1.58. The van der Waals surface area contributed by atoms with Crippen LogP contribution in [0, 0.1) is 17.3 Å². The smallest absolute Gasteiger partial charge is 0.420 e. The number of rotatable bonds is 1. The summed E-state index contributed by atoms with van der Waals surface area (Å²) in [5.74, 6) is -0.651. The molecule has 26 heavy (non-hydrogen) atoms. The summed E-state index contributed by atoms with van der Waals surface area (Å²) < 4.78 is 41.6. The molecule has 0 heterocycles. The third-order valence-electron chi connectivity index (χ3n) is 6.85. The molecule has 0 aliphatic heterocycles. The van der Waals surface area contributed by atoms with Crippen molar-refractivity contribution in [3.63, 3.8) is 0 Å². The SMILES string of the molecule is C[C@]12CCC3c4ccc(OC(=O)C(F)(F)F)cc4CCC3C1CCC2=O. The van der Waals surface area contributed by atoms with E-state index in [1.807, 2.05) is 6.07 Å². The quantitative estimate of drug-likeness (QED) is 0.540. The van der Waals surface area contributed by atoms with E-state index in [1.54, 1.807) is 6.07 Å². The van der Waals surface area contributed by atoms with Gasteiger partial charge in [-0.25, -0.2) is 4.79 Å². The normalized spacial score (nSPS) is 33.2. The molecule has 0 N–H and O–H groups in total. The highest BCUT2D eigenvalue weighted by Crippen LogP contribution is 2.59. The lowest BCUT2D eigenvalue weighted by Gasteiger charge is -2.48. The maximum atomic E-state index is 12.4. The molecular formula is C20H21F3O3. The average molecular weight is 366 g/mol. The monoisotopic (exact) mass is 366 g/mol. The van der Waals surface area contributed by atoms with Crippen molar-refractivity contribution in [1.29, 1.82) is 0 Å². The number of hydrogen-bond donors (Lipinski definition) is 0. The Morgan fingerprint density at radius 3 is 2.69 bits per heavy atom. The van der Waals surface area contributed by atoms with Crippen molar-refractivity contribution in [3.8, 4) is 5.75 Å². The van der Waals surface area contributed by atoms with Crippen molar-refractivity contribution in [1.82, 2.24) is 0 Å². The van der Waals surface area contributed by atoms with Crippen molar-refractivity contribution in [2.24, 2.45) is 17.3 Å². The molecule has 4 rings (SSSR count). The van der Waals surface area contributed by atoms with Gasteiger partial charge in [0.1, 0.15) is 11.5 Å². The van der Waals surface area contributed by atoms with Crippen LogP contribution >= 0.6 is 0 Å². The van der Waals surface area contributed by atoms with Crippen LogP contribution in [-0.4, -0.2) is 17.9 Å². The molecule has 0 spiro atoms. The number of ketones is 1. The molecule has 6 heteroatoms. The van der Waals surface area contributed by atoms with E-state index in [4.69, 9.17) is 0 Å². The minimum absolute atomic E-state index is 0.0544. The van der Waals surface area contributed by atoms with Crippen LogP contribution in [0.4, 0.5) is 13.2 Å². The average Bonchev–Trinajstić information content (AvgIpc) is 2.89. The van der Waals surface area contributed by atoms with Crippen LogP contribution in [0.2, 0.25) is 0 Å². The van der Waals surface area contributed by atoms with Crippen molar-refractivity contribution >= 4 is 11.8 Å². The molecule has 4 atom stereocenters. The van der Waals surface area contributed by atoms with Gasteiger partial charge in [0, 0.05) is 11.8 Å². The number of esters is 1. The summed E-state index contributed by atoms with van der Waals surface area (Å²) in [6.45, 7) is 2.11. The number of Topliss-reactive ketones (excluding diaryl/α,β-unsaturated/α-hetero) is 1. The summed E-state index contributed by atoms with van der Waals surface area (Å²) in [4.78, 5) is 23.4. The Morgan fingerprint density at radius 2 is 1.96 bits per heavy atom. The molecule has 0 bridgehead atoms. The van der Waals surface area contributed by atoms with Gasteiger partial charge in [-0.2, -0.15) is 13.2 Å². The summed E-state index contributed by atoms with van der Waals surface area (Å²) in [6.07, 6.45) is 0.108. The van der Waals surface area contributed by atoms with Crippen LogP contribution in [0.3, 0.4) is 0 Å². The lowest BCUT2D eigenvalue weighted by molar-refractivity contribution is -0.189. The molecule has 140 valence electrons. The van der Waals surface area contributed by atoms with E-state index in [2.05, 4.69) is 11.7 Å². The number of ether oxygens (including phenoxy) is 1. The molecule has 1 aromatic rings. The molecule has 2 fully saturated rings. The van der Waals surface area contributed by atoms with Gasteiger partial charge in [0.05, 0.1) is 0 Å². The lowest BCUT2D eigenvalue weighted by atomic mass is 9.55. The van der Waals surface area contributed by atoms with Gasteiger partial charge in [0.25, 0.3) is 0 Å². The maximum Gasteiger partial charge on any atom is 0.491 e. The third kappa shape index (κ3) is 2.65. The predicted octanol–water partition coefficient (Wildman–Crippen LogP) is 4.58. The molecular weight excluding hydrogens is 345 g/mol. The number of aryl methyl sites for hydroxylation is 1. The van der Waals surface area contributed by atoms with Crippen molar-refractivity contribution < 1.29 is 27.5 Å². The predicted molar refractivity (Wildman–Crippen MR) is 87.8 cm³/mol. The van der Waals surface area contributed by atoms with Crippen molar-refractivity contribution in [2.75, 3.05) is 0 Å². The second-order valence-electron chi connectivity index (χ2n) is 8.08. The van der Waals surface area contributed by atoms with E-state index >= 15 is 0 Å². The third-order valence-corrected chi connectivity index (χ3v) is 6.85. The number of carbonyl (C=O) groups excluding carboxylic acids is 2. The molecule has 2 saturated carbocycles. The molecule has 1 aromatic carbocycles. The van der Waals surface area contributed by atoms with Crippen LogP contribution in [0.5, 0.6) is 5.75 Å². The first kappa shape index (κ1) is 17.6. The molecule has 3 aliphatic carbocycles. The fourth-order valence-corrected chi connectivity index (χ4v) is 5.56. The van der Waals surface area contributed by atoms with E-state index in [0.29, 0.717) is 30.0 Å². The van der Waals surface area contributed by atoms with Gasteiger partial charge in [-0.05, 0) is 73.1 Å². The van der Waals surface area contributed by atoms with Crippen molar-refractivity contribution in [2.45, 2.75) is 57.5 Å². The number of carbonyl (C=O) groups is 2. The van der Waals surface area contributed by atoms with Crippen LogP contribution in [0.15, 0.2) is 18.2 Å². The van der Waals surface area contributed by atoms with Gasteiger partial charge in [-0.15, -0.1) is 0 Å². The largest absolute Gasteiger partial charge is 0.491 e. The van der Waals surface area contributed by atoms with Gasteiger partial charge >= 0.3 is 12.1 Å². The standard InChI is InChI=1S/C20H21F3O3/c1-19-9-8-14-13-5-3-12(26-18(25)20(21,22)23)10-11(13)2-4-15(14)16(19)6-7-17(19)24/h3,5,10,14-16H,2,4,6-9H2,1H3/t14?,15?,16?,19-/m0/s1. The fraction of sp³-hybridized carbons (Fsp3) is 0.600.